The van der Waals surface area contributed by atoms with Crippen molar-refractivity contribution in [2.45, 2.75) is 40.2 Å². The van der Waals surface area contributed by atoms with Crippen molar-refractivity contribution >= 4 is 17.9 Å². The summed E-state index contributed by atoms with van der Waals surface area (Å²) in [6.07, 6.45) is 3.78. The van der Waals surface area contributed by atoms with E-state index in [2.05, 4.69) is 16.7 Å². The summed E-state index contributed by atoms with van der Waals surface area (Å²) in [6, 6.07) is 16.7. The molecule has 2 N–H and O–H groups in total. The maximum absolute atomic E-state index is 13.2. The third kappa shape index (κ3) is 5.72. The maximum Gasteiger partial charge on any atom is 0.268 e. The summed E-state index contributed by atoms with van der Waals surface area (Å²) < 4.78 is 5.36. The van der Waals surface area contributed by atoms with Crippen molar-refractivity contribution in [3.8, 4) is 0 Å². The molecule has 1 aromatic heterocycles. The Morgan fingerprint density at radius 3 is 2.42 bits per heavy atom. The zero-order valence-corrected chi connectivity index (χ0v) is 18.4. The molecule has 160 valence electrons. The zero-order valence-electron chi connectivity index (χ0n) is 18.4. The summed E-state index contributed by atoms with van der Waals surface area (Å²) >= 11 is 0. The molecule has 1 atom stereocenters. The molecule has 2 amide bonds. The Morgan fingerprint density at radius 1 is 1.00 bits per heavy atom. The number of aryl methyl sites for hydroxylation is 3. The number of benzene rings is 2. The highest BCUT2D eigenvalue weighted by molar-refractivity contribution is 6.05. The molecule has 0 radical (unpaired) electrons. The molecule has 2 aromatic carbocycles. The van der Waals surface area contributed by atoms with Crippen molar-refractivity contribution in [3.63, 3.8) is 0 Å². The van der Waals surface area contributed by atoms with Crippen molar-refractivity contribution in [1.29, 1.82) is 0 Å². The van der Waals surface area contributed by atoms with Gasteiger partial charge in [-0.25, -0.2) is 0 Å². The molecule has 0 aliphatic carbocycles. The number of carbonyl (C=O) groups excluding carboxylic acids is 2. The standard InChI is InChI=1S/C26H28N2O3/c1-5-23(22-12-11-18(3)14-19(22)4)27-26(30)24(16-21-10-7-13-31-21)28-25(29)20-9-6-8-17(2)15-20/h6-16,23H,5H2,1-4H3,(H,27,30)(H,28,29)/b24-16-/t23-/m0/s1. The molecule has 0 saturated carbocycles. The van der Waals surface area contributed by atoms with Crippen LogP contribution in [0.3, 0.4) is 0 Å². The SMILES string of the molecule is CC[C@H](NC(=O)/C(=C/c1ccco1)NC(=O)c1cccc(C)c1)c1ccc(C)cc1C. The van der Waals surface area contributed by atoms with Crippen LogP contribution in [-0.2, 0) is 4.79 Å². The van der Waals surface area contributed by atoms with Crippen LogP contribution in [0.25, 0.3) is 6.08 Å². The number of hydrogen-bond acceptors (Lipinski definition) is 3. The van der Waals surface area contributed by atoms with Crippen LogP contribution in [0.4, 0.5) is 0 Å². The summed E-state index contributed by atoms with van der Waals surface area (Å²) in [4.78, 5) is 26.0. The van der Waals surface area contributed by atoms with E-state index in [-0.39, 0.29) is 23.6 Å². The highest BCUT2D eigenvalue weighted by Crippen LogP contribution is 2.22. The largest absolute Gasteiger partial charge is 0.465 e. The fourth-order valence-corrected chi connectivity index (χ4v) is 3.51. The van der Waals surface area contributed by atoms with Crippen LogP contribution in [0.5, 0.6) is 0 Å². The van der Waals surface area contributed by atoms with Crippen LogP contribution in [-0.4, -0.2) is 11.8 Å². The summed E-state index contributed by atoms with van der Waals surface area (Å²) in [5.74, 6) is -0.241. The minimum atomic E-state index is -0.371. The van der Waals surface area contributed by atoms with Gasteiger partial charge in [-0.3, -0.25) is 9.59 Å². The van der Waals surface area contributed by atoms with E-state index in [4.69, 9.17) is 4.42 Å². The van der Waals surface area contributed by atoms with Crippen molar-refractivity contribution in [3.05, 3.63) is 100 Å². The number of furan rings is 1. The lowest BCUT2D eigenvalue weighted by atomic mass is 9.97. The Bertz CT molecular complexity index is 1100. The molecule has 0 aliphatic rings. The number of nitrogens with one attached hydrogen (secondary N) is 2. The van der Waals surface area contributed by atoms with Crippen LogP contribution >= 0.6 is 0 Å². The second kappa shape index (κ2) is 9.94. The Kier molecular flexibility index (Phi) is 7.08. The lowest BCUT2D eigenvalue weighted by Gasteiger charge is -2.21. The molecule has 0 bridgehead atoms. The molecule has 0 fully saturated rings. The van der Waals surface area contributed by atoms with Gasteiger partial charge in [-0.1, -0.05) is 48.4 Å². The van der Waals surface area contributed by atoms with Gasteiger partial charge < -0.3 is 15.1 Å². The van der Waals surface area contributed by atoms with Crippen LogP contribution in [0, 0.1) is 20.8 Å². The monoisotopic (exact) mass is 416 g/mol. The van der Waals surface area contributed by atoms with Gasteiger partial charge in [0.15, 0.2) is 0 Å². The predicted octanol–water partition coefficient (Wildman–Crippen LogP) is 5.24. The zero-order chi connectivity index (χ0) is 22.4. The van der Waals surface area contributed by atoms with E-state index in [1.165, 1.54) is 17.9 Å². The van der Waals surface area contributed by atoms with Crippen LogP contribution in [0.15, 0.2) is 71.0 Å². The molecule has 0 spiro atoms. The lowest BCUT2D eigenvalue weighted by Crippen LogP contribution is -2.37. The molecule has 1 heterocycles. The number of rotatable bonds is 7. The van der Waals surface area contributed by atoms with E-state index >= 15 is 0 Å². The molecule has 0 aliphatic heterocycles. The maximum atomic E-state index is 13.2. The van der Waals surface area contributed by atoms with Gasteiger partial charge in [0.2, 0.25) is 0 Å². The molecule has 5 nitrogen and oxygen atoms in total. The van der Waals surface area contributed by atoms with Gasteiger partial charge in [0, 0.05) is 11.6 Å². The minimum Gasteiger partial charge on any atom is -0.465 e. The molecule has 5 heteroatoms. The first kappa shape index (κ1) is 22.1. The summed E-state index contributed by atoms with van der Waals surface area (Å²) in [5, 5.41) is 5.81. The van der Waals surface area contributed by atoms with E-state index in [0.717, 1.165) is 23.1 Å². The molecule has 3 aromatic rings. The normalized spacial score (nSPS) is 12.3. The average molecular weight is 417 g/mol. The van der Waals surface area contributed by atoms with Gasteiger partial charge in [-0.15, -0.1) is 0 Å². The highest BCUT2D eigenvalue weighted by atomic mass is 16.3. The van der Waals surface area contributed by atoms with Gasteiger partial charge in [0.1, 0.15) is 11.5 Å². The summed E-state index contributed by atoms with van der Waals surface area (Å²) in [5.41, 5.74) is 4.93. The first-order chi connectivity index (χ1) is 14.9. The topological polar surface area (TPSA) is 71.3 Å². The van der Waals surface area contributed by atoms with Crippen molar-refractivity contribution in [2.75, 3.05) is 0 Å². The van der Waals surface area contributed by atoms with E-state index in [1.54, 1.807) is 24.3 Å². The second-order valence-corrected chi connectivity index (χ2v) is 7.69. The van der Waals surface area contributed by atoms with Crippen LogP contribution in [0.2, 0.25) is 0 Å². The number of carbonyl (C=O) groups is 2. The summed E-state index contributed by atoms with van der Waals surface area (Å²) in [6.45, 7) is 8.02. The molecule has 0 unspecified atom stereocenters. The van der Waals surface area contributed by atoms with Gasteiger partial charge >= 0.3 is 0 Å². The Morgan fingerprint density at radius 2 is 1.77 bits per heavy atom. The molecule has 0 saturated heterocycles. The van der Waals surface area contributed by atoms with E-state index in [0.29, 0.717) is 11.3 Å². The van der Waals surface area contributed by atoms with Crippen LogP contribution in [0.1, 0.15) is 57.8 Å². The van der Waals surface area contributed by atoms with Crippen molar-refractivity contribution in [2.24, 2.45) is 0 Å². The van der Waals surface area contributed by atoms with E-state index in [9.17, 15) is 9.59 Å². The molecule has 31 heavy (non-hydrogen) atoms. The van der Waals surface area contributed by atoms with E-state index in [1.807, 2.05) is 52.0 Å². The third-order valence-electron chi connectivity index (χ3n) is 5.12. The van der Waals surface area contributed by atoms with Crippen LogP contribution < -0.4 is 10.6 Å². The smallest absolute Gasteiger partial charge is 0.268 e. The van der Waals surface area contributed by atoms with Gasteiger partial charge in [0.25, 0.3) is 11.8 Å². The van der Waals surface area contributed by atoms with Gasteiger partial charge in [-0.2, -0.15) is 0 Å². The van der Waals surface area contributed by atoms with Crippen molar-refractivity contribution < 1.29 is 14.0 Å². The van der Waals surface area contributed by atoms with Gasteiger partial charge in [-0.05, 0) is 62.6 Å². The number of amides is 2. The second-order valence-electron chi connectivity index (χ2n) is 7.69. The fraction of sp³-hybridized carbons (Fsp3) is 0.231. The number of hydrogen-bond donors (Lipinski definition) is 2. The first-order valence-electron chi connectivity index (χ1n) is 10.4. The predicted molar refractivity (Wildman–Crippen MR) is 122 cm³/mol. The quantitative estimate of drug-likeness (QED) is 0.517. The average Bonchev–Trinajstić information content (AvgIpc) is 3.25. The Balaban J connectivity index is 1.86. The summed E-state index contributed by atoms with van der Waals surface area (Å²) in [7, 11) is 0. The fourth-order valence-electron chi connectivity index (χ4n) is 3.51. The molecule has 3 rings (SSSR count). The lowest BCUT2D eigenvalue weighted by molar-refractivity contribution is -0.118. The van der Waals surface area contributed by atoms with Gasteiger partial charge in [0.05, 0.1) is 12.3 Å². The molecular formula is C26H28N2O3. The Labute approximate surface area is 183 Å². The van der Waals surface area contributed by atoms with Crippen molar-refractivity contribution in [1.82, 2.24) is 10.6 Å². The molecular weight excluding hydrogens is 388 g/mol. The minimum absolute atomic E-state index is 0.129. The van der Waals surface area contributed by atoms with E-state index < -0.39 is 0 Å². The first-order valence-corrected chi connectivity index (χ1v) is 10.4. The Hall–Kier alpha value is -3.60. The third-order valence-corrected chi connectivity index (χ3v) is 5.12. The highest BCUT2D eigenvalue weighted by Gasteiger charge is 2.20.